The summed E-state index contributed by atoms with van der Waals surface area (Å²) in [7, 11) is 1.64. The quantitative estimate of drug-likeness (QED) is 0.588. The zero-order valence-electron chi connectivity index (χ0n) is 17.6. The number of hydrogen-bond acceptors (Lipinski definition) is 6. The summed E-state index contributed by atoms with van der Waals surface area (Å²) in [5, 5.41) is 8.87. The Labute approximate surface area is 168 Å². The van der Waals surface area contributed by atoms with Crippen LogP contribution in [0.1, 0.15) is 65.2 Å². The third-order valence-corrected chi connectivity index (χ3v) is 8.64. The Balaban J connectivity index is 1.63. The van der Waals surface area contributed by atoms with Crippen LogP contribution in [0.3, 0.4) is 0 Å². The zero-order chi connectivity index (χ0) is 19.9. The van der Waals surface area contributed by atoms with Crippen LogP contribution in [0.4, 0.5) is 0 Å². The number of oxime groups is 2. The van der Waals surface area contributed by atoms with Gasteiger partial charge in [0.15, 0.2) is 0 Å². The lowest BCUT2D eigenvalue weighted by Gasteiger charge is -2.59. The molecule has 4 fully saturated rings. The molecule has 0 heterocycles. The van der Waals surface area contributed by atoms with Gasteiger partial charge in [-0.2, -0.15) is 0 Å². The maximum Gasteiger partial charge on any atom is 0.139 e. The van der Waals surface area contributed by atoms with Crippen LogP contribution < -0.4 is 5.73 Å². The first kappa shape index (κ1) is 19.9. The van der Waals surface area contributed by atoms with Gasteiger partial charge in [0.05, 0.1) is 11.4 Å². The van der Waals surface area contributed by atoms with Gasteiger partial charge >= 0.3 is 0 Å². The van der Waals surface area contributed by atoms with Crippen molar-refractivity contribution in [3.05, 3.63) is 0 Å². The van der Waals surface area contributed by atoms with E-state index in [-0.39, 0.29) is 10.8 Å². The summed E-state index contributed by atoms with van der Waals surface area (Å²) in [6, 6.07) is 0. The Hall–Kier alpha value is -1.43. The summed E-state index contributed by atoms with van der Waals surface area (Å²) in [5.74, 6) is 2.55. The molecule has 0 bridgehead atoms. The molecule has 0 aromatic heterocycles. The minimum Gasteiger partial charge on any atom is -0.399 e. The van der Waals surface area contributed by atoms with Gasteiger partial charge < -0.3 is 15.4 Å². The second-order valence-electron chi connectivity index (χ2n) is 9.81. The van der Waals surface area contributed by atoms with Crippen molar-refractivity contribution in [2.45, 2.75) is 65.2 Å². The maximum absolute atomic E-state index is 12.6. The molecule has 2 N–H and O–H groups in total. The topological polar surface area (TPSA) is 86.3 Å². The largest absolute Gasteiger partial charge is 0.399 e. The summed E-state index contributed by atoms with van der Waals surface area (Å²) in [6.45, 7) is 5.63. The van der Waals surface area contributed by atoms with Crippen molar-refractivity contribution in [1.82, 2.24) is 0 Å². The molecule has 6 atom stereocenters. The van der Waals surface area contributed by atoms with E-state index in [0.29, 0.717) is 42.6 Å². The van der Waals surface area contributed by atoms with Crippen molar-refractivity contribution in [1.29, 1.82) is 0 Å². The van der Waals surface area contributed by atoms with E-state index in [2.05, 4.69) is 24.2 Å². The highest BCUT2D eigenvalue weighted by atomic mass is 16.6. The number of fused-ring (bicyclic) bond motifs is 5. The number of rotatable bonds is 4. The van der Waals surface area contributed by atoms with Crippen LogP contribution in [0, 0.1) is 34.5 Å². The van der Waals surface area contributed by atoms with E-state index in [1.54, 1.807) is 7.11 Å². The highest BCUT2D eigenvalue weighted by Gasteiger charge is 2.61. The van der Waals surface area contributed by atoms with Crippen LogP contribution >= 0.6 is 0 Å². The average Bonchev–Trinajstić information content (AvgIpc) is 2.98. The SMILES string of the molecule is CO/N=C1\C[C@@H]2[C@H](CC[C@]3(C)C(=O)CC[C@@H]23)[C@@]2(C)CC/C(=N/OCCN)CC12. The predicted octanol–water partition coefficient (Wildman–Crippen LogP) is 3.54. The Morgan fingerprint density at radius 3 is 2.68 bits per heavy atom. The molecule has 4 aliphatic carbocycles. The van der Waals surface area contributed by atoms with Gasteiger partial charge in [0.25, 0.3) is 0 Å². The molecule has 1 unspecified atom stereocenters. The van der Waals surface area contributed by atoms with Crippen molar-refractivity contribution in [2.24, 2.45) is 50.5 Å². The molecule has 0 aromatic rings. The minimum atomic E-state index is -0.111. The molecule has 0 radical (unpaired) electrons. The molecule has 4 rings (SSSR count). The highest BCUT2D eigenvalue weighted by molar-refractivity contribution is 5.96. The van der Waals surface area contributed by atoms with Gasteiger partial charge in [-0.3, -0.25) is 4.79 Å². The van der Waals surface area contributed by atoms with Gasteiger partial charge in [-0.15, -0.1) is 0 Å². The molecule has 0 aromatic carbocycles. The third-order valence-electron chi connectivity index (χ3n) is 8.64. The first-order valence-corrected chi connectivity index (χ1v) is 10.9. The van der Waals surface area contributed by atoms with Crippen LogP contribution in [0.15, 0.2) is 10.3 Å². The zero-order valence-corrected chi connectivity index (χ0v) is 17.6. The highest BCUT2D eigenvalue weighted by Crippen LogP contribution is 2.64. The van der Waals surface area contributed by atoms with Crippen LogP contribution in [0.2, 0.25) is 0 Å². The number of nitrogens with two attached hydrogens (primary N) is 1. The maximum atomic E-state index is 12.6. The lowest BCUT2D eigenvalue weighted by Crippen LogP contribution is -2.56. The first-order valence-electron chi connectivity index (χ1n) is 10.9. The molecular weight excluding hydrogens is 354 g/mol. The van der Waals surface area contributed by atoms with E-state index in [4.69, 9.17) is 15.4 Å². The molecule has 0 saturated heterocycles. The van der Waals surface area contributed by atoms with Crippen LogP contribution in [-0.4, -0.2) is 37.5 Å². The number of hydrogen-bond donors (Lipinski definition) is 1. The van der Waals surface area contributed by atoms with Crippen LogP contribution in [-0.2, 0) is 14.5 Å². The molecule has 0 aliphatic heterocycles. The van der Waals surface area contributed by atoms with Gasteiger partial charge in [0, 0.05) is 24.3 Å². The molecule has 0 spiro atoms. The molecule has 6 nitrogen and oxygen atoms in total. The van der Waals surface area contributed by atoms with Gasteiger partial charge in [0.1, 0.15) is 19.5 Å². The number of nitrogens with zero attached hydrogens (tertiary/aromatic N) is 2. The van der Waals surface area contributed by atoms with Gasteiger partial charge in [0.2, 0.25) is 0 Å². The first-order chi connectivity index (χ1) is 13.4. The van der Waals surface area contributed by atoms with E-state index in [9.17, 15) is 4.79 Å². The molecule has 28 heavy (non-hydrogen) atoms. The summed E-state index contributed by atoms with van der Waals surface area (Å²) >= 11 is 0. The lowest BCUT2D eigenvalue weighted by atomic mass is 9.45. The average molecular weight is 390 g/mol. The number of carbonyl (C=O) groups excluding carboxylic acids is 1. The molecule has 6 heteroatoms. The van der Waals surface area contributed by atoms with E-state index in [0.717, 1.165) is 57.1 Å². The van der Waals surface area contributed by atoms with E-state index in [1.807, 2.05) is 0 Å². The molecule has 4 aliphatic rings. The van der Waals surface area contributed by atoms with E-state index >= 15 is 0 Å². The predicted molar refractivity (Wildman–Crippen MR) is 109 cm³/mol. The lowest BCUT2D eigenvalue weighted by molar-refractivity contribution is -0.133. The van der Waals surface area contributed by atoms with E-state index in [1.165, 1.54) is 5.71 Å². The fourth-order valence-electron chi connectivity index (χ4n) is 7.14. The van der Waals surface area contributed by atoms with Crippen LogP contribution in [0.25, 0.3) is 0 Å². The monoisotopic (exact) mass is 389 g/mol. The molecule has 0 amide bonds. The summed E-state index contributed by atoms with van der Waals surface area (Å²) in [5.41, 5.74) is 7.89. The van der Waals surface area contributed by atoms with Crippen LogP contribution in [0.5, 0.6) is 0 Å². The number of ketones is 1. The van der Waals surface area contributed by atoms with Crippen molar-refractivity contribution in [3.8, 4) is 0 Å². The molecule has 156 valence electrons. The van der Waals surface area contributed by atoms with Crippen molar-refractivity contribution in [3.63, 3.8) is 0 Å². The third kappa shape index (κ3) is 2.99. The Morgan fingerprint density at radius 2 is 1.93 bits per heavy atom. The molecule has 4 saturated carbocycles. The summed E-state index contributed by atoms with van der Waals surface area (Å²) in [6.07, 6.45) is 7.96. The standard InChI is InChI=1S/C22H35N3O3/c1-21-8-6-14(24-28-11-10-23)12-18(21)19(25-27-3)13-15-16-4-5-20(26)22(16,2)9-7-17(15)21/h15-18H,4-13,23H2,1-3H3/b24-14-,25-19+/t15-,16-,17-,18?,21+,22-/m0/s1. The van der Waals surface area contributed by atoms with Crippen molar-refractivity contribution >= 4 is 17.2 Å². The normalized spacial score (nSPS) is 45.5. The van der Waals surface area contributed by atoms with Gasteiger partial charge in [-0.25, -0.2) is 0 Å². The van der Waals surface area contributed by atoms with E-state index < -0.39 is 0 Å². The Kier molecular flexibility index (Phi) is 5.27. The molecular formula is C22H35N3O3. The van der Waals surface area contributed by atoms with Crippen molar-refractivity contribution < 1.29 is 14.5 Å². The van der Waals surface area contributed by atoms with Crippen molar-refractivity contribution in [2.75, 3.05) is 20.3 Å². The number of carbonyl (C=O) groups is 1. The summed E-state index contributed by atoms with van der Waals surface area (Å²) < 4.78 is 0. The Bertz CT molecular complexity index is 691. The van der Waals surface area contributed by atoms with Gasteiger partial charge in [-0.1, -0.05) is 24.2 Å². The summed E-state index contributed by atoms with van der Waals surface area (Å²) in [4.78, 5) is 23.3. The number of Topliss-reactive ketones (excluding diaryl/α,β-unsaturated/α-hetero) is 1. The Morgan fingerprint density at radius 1 is 1.11 bits per heavy atom. The van der Waals surface area contributed by atoms with Gasteiger partial charge in [-0.05, 0) is 68.1 Å². The second-order valence-corrected chi connectivity index (χ2v) is 9.81. The fourth-order valence-corrected chi connectivity index (χ4v) is 7.14. The minimum absolute atomic E-state index is 0.111. The second kappa shape index (κ2) is 7.43. The fraction of sp³-hybridized carbons (Fsp3) is 0.864. The smallest absolute Gasteiger partial charge is 0.139 e.